The van der Waals surface area contributed by atoms with Gasteiger partial charge in [0.1, 0.15) is 6.10 Å². The van der Waals surface area contributed by atoms with Crippen LogP contribution in [-0.2, 0) is 20.8 Å². The lowest BCUT2D eigenvalue weighted by Crippen LogP contribution is -2.50. The number of methoxy groups -OCH3 is 1. The van der Waals surface area contributed by atoms with Crippen molar-refractivity contribution in [1.29, 1.82) is 0 Å². The third kappa shape index (κ3) is 4.88. The maximum Gasteiger partial charge on any atom is 0.406 e. The Morgan fingerprint density at radius 1 is 1.32 bits per heavy atom. The number of ether oxygens (including phenoxy) is 2. The summed E-state index contributed by atoms with van der Waals surface area (Å²) in [4.78, 5) is 31.8. The van der Waals surface area contributed by atoms with Gasteiger partial charge in [-0.05, 0) is 51.2 Å². The number of morpholine rings is 1. The summed E-state index contributed by atoms with van der Waals surface area (Å²) in [6.45, 7) is 5.03. The van der Waals surface area contributed by atoms with Crippen LogP contribution in [0.15, 0.2) is 12.1 Å². The maximum absolute atomic E-state index is 13.5. The van der Waals surface area contributed by atoms with Gasteiger partial charge in [-0.2, -0.15) is 5.10 Å². The summed E-state index contributed by atoms with van der Waals surface area (Å²) < 4.78 is 12.4. The Kier molecular flexibility index (Phi) is 6.69. The zero-order valence-corrected chi connectivity index (χ0v) is 20.0. The molecule has 1 saturated heterocycles. The molecule has 34 heavy (non-hydrogen) atoms. The molecule has 2 amide bonds. The van der Waals surface area contributed by atoms with Crippen molar-refractivity contribution in [3.63, 3.8) is 0 Å². The van der Waals surface area contributed by atoms with Crippen molar-refractivity contribution >= 4 is 23.0 Å². The molecule has 2 atom stereocenters. The molecule has 10 heteroatoms. The first-order chi connectivity index (χ1) is 16.6. The predicted octanol–water partition coefficient (Wildman–Crippen LogP) is 2.10. The molecule has 2 aromatic heterocycles. The molecule has 0 unspecified atom stereocenters. The lowest BCUT2D eigenvalue weighted by molar-refractivity contribution is -0.148. The van der Waals surface area contributed by atoms with Crippen molar-refractivity contribution in [2.45, 2.75) is 69.7 Å². The lowest BCUT2D eigenvalue weighted by Gasteiger charge is -2.33. The first-order valence-electron chi connectivity index (χ1n) is 12.4. The number of carbonyl (C=O) groups is 2. The Bertz CT molecular complexity index is 1040. The minimum Gasteiger partial charge on any atom is -0.453 e. The van der Waals surface area contributed by atoms with Crippen LogP contribution in [-0.4, -0.2) is 77.2 Å². The summed E-state index contributed by atoms with van der Waals surface area (Å²) in [5, 5.41) is 11.9. The van der Waals surface area contributed by atoms with Gasteiger partial charge in [-0.1, -0.05) is 0 Å². The molecule has 2 aliphatic carbocycles. The highest BCUT2D eigenvalue weighted by Gasteiger charge is 2.41. The molecule has 1 aliphatic heterocycles. The van der Waals surface area contributed by atoms with Crippen LogP contribution in [0.3, 0.4) is 0 Å². The molecule has 2 saturated carbocycles. The molecule has 2 aromatic rings. The number of alkyl carbamates (subject to hydrolysis) is 1. The summed E-state index contributed by atoms with van der Waals surface area (Å²) in [6.07, 6.45) is 4.19. The molecule has 0 spiro atoms. The Morgan fingerprint density at radius 3 is 2.82 bits per heavy atom. The minimum atomic E-state index is -0.450. The summed E-state index contributed by atoms with van der Waals surface area (Å²) in [5.74, 6) is 0.574. The average Bonchev–Trinajstić information content (AvgIpc) is 3.80. The van der Waals surface area contributed by atoms with Gasteiger partial charge in [0, 0.05) is 49.2 Å². The highest BCUT2D eigenvalue weighted by atomic mass is 16.5. The molecule has 0 radical (unpaired) electrons. The molecule has 2 N–H and O–H groups in total. The van der Waals surface area contributed by atoms with Crippen molar-refractivity contribution in [1.82, 2.24) is 30.3 Å². The first kappa shape index (κ1) is 23.0. The second-order valence-electron chi connectivity index (χ2n) is 9.48. The number of pyridine rings is 1. The molecule has 184 valence electrons. The molecular formula is C24H34N6O4. The fourth-order valence-corrected chi connectivity index (χ4v) is 4.72. The van der Waals surface area contributed by atoms with Crippen molar-refractivity contribution < 1.29 is 19.1 Å². The van der Waals surface area contributed by atoms with E-state index >= 15 is 0 Å². The van der Waals surface area contributed by atoms with Crippen LogP contribution in [0.25, 0.3) is 11.0 Å². The van der Waals surface area contributed by atoms with Gasteiger partial charge < -0.3 is 25.0 Å². The Hall–Kier alpha value is -2.72. The fraction of sp³-hybridized carbons (Fsp3) is 0.667. The highest BCUT2D eigenvalue weighted by Crippen LogP contribution is 2.41. The number of aromatic nitrogens is 3. The number of fused-ring (bicyclic) bond motifs is 1. The van der Waals surface area contributed by atoms with E-state index in [1.165, 1.54) is 20.0 Å². The quantitative estimate of drug-likeness (QED) is 0.540. The summed E-state index contributed by atoms with van der Waals surface area (Å²) in [7, 11) is 1.36. The second-order valence-corrected chi connectivity index (χ2v) is 9.48. The van der Waals surface area contributed by atoms with E-state index in [2.05, 4.69) is 34.4 Å². The van der Waals surface area contributed by atoms with Crippen molar-refractivity contribution in [2.75, 3.05) is 33.4 Å². The number of nitrogens with one attached hydrogen (secondary N) is 2. The van der Waals surface area contributed by atoms with Gasteiger partial charge in [-0.15, -0.1) is 0 Å². The normalized spacial score (nSPS) is 21.3. The van der Waals surface area contributed by atoms with E-state index in [1.807, 2.05) is 9.58 Å². The molecule has 5 rings (SSSR count). The molecule has 3 fully saturated rings. The van der Waals surface area contributed by atoms with Crippen LogP contribution in [0.5, 0.6) is 0 Å². The molecule has 3 aliphatic rings. The average molecular weight is 471 g/mol. The largest absolute Gasteiger partial charge is 0.453 e. The molecule has 0 aromatic carbocycles. The van der Waals surface area contributed by atoms with E-state index in [9.17, 15) is 9.59 Å². The molecular weight excluding hydrogens is 436 g/mol. The van der Waals surface area contributed by atoms with Crippen LogP contribution in [0.1, 0.15) is 62.4 Å². The van der Waals surface area contributed by atoms with Crippen LogP contribution in [0, 0.1) is 0 Å². The zero-order valence-electron chi connectivity index (χ0n) is 20.0. The number of nitrogens with zero attached hydrogens (tertiary/aromatic N) is 4. The number of carbonyl (C=O) groups excluding carboxylic acids is 2. The van der Waals surface area contributed by atoms with Crippen LogP contribution >= 0.6 is 0 Å². The third-order valence-corrected chi connectivity index (χ3v) is 6.85. The van der Waals surface area contributed by atoms with Crippen LogP contribution in [0.2, 0.25) is 0 Å². The number of hydrogen-bond acceptors (Lipinski definition) is 7. The fourth-order valence-electron chi connectivity index (χ4n) is 4.72. The zero-order chi connectivity index (χ0) is 23.7. The van der Waals surface area contributed by atoms with Crippen LogP contribution in [0.4, 0.5) is 4.79 Å². The van der Waals surface area contributed by atoms with E-state index in [0.29, 0.717) is 38.6 Å². The third-order valence-electron chi connectivity index (χ3n) is 6.85. The van der Waals surface area contributed by atoms with E-state index < -0.39 is 12.2 Å². The second kappa shape index (κ2) is 9.87. The van der Waals surface area contributed by atoms with Gasteiger partial charge >= 0.3 is 6.09 Å². The summed E-state index contributed by atoms with van der Waals surface area (Å²) in [5.41, 5.74) is 2.83. The highest BCUT2D eigenvalue weighted by molar-refractivity contribution is 5.84. The minimum absolute atomic E-state index is 0.0368. The van der Waals surface area contributed by atoms with E-state index in [4.69, 9.17) is 14.8 Å². The van der Waals surface area contributed by atoms with Gasteiger partial charge in [-0.25, -0.2) is 14.5 Å². The van der Waals surface area contributed by atoms with Crippen molar-refractivity contribution in [2.24, 2.45) is 0 Å². The number of rotatable bonds is 9. The van der Waals surface area contributed by atoms with Gasteiger partial charge in [0.15, 0.2) is 5.65 Å². The number of amides is 2. The van der Waals surface area contributed by atoms with E-state index in [-0.39, 0.29) is 18.0 Å². The molecule has 3 heterocycles. The monoisotopic (exact) mass is 470 g/mol. The standard InChI is InChI=1S/C24H34N6O4/c1-15(30(17-6-7-17)23(31)20-14-25-11-13-34-20)21-18-8-9-19(16-4-5-16)27-22(18)29(28-21)12-3-10-26-24(32)33-2/h8-9,15-17,20,25H,3-7,10-14H2,1-2H3,(H,26,32)/t15-,20-/m1/s1. The van der Waals surface area contributed by atoms with Gasteiger partial charge in [-0.3, -0.25) is 4.79 Å². The molecule has 10 nitrogen and oxygen atoms in total. The Labute approximate surface area is 199 Å². The van der Waals surface area contributed by atoms with Crippen LogP contribution < -0.4 is 10.6 Å². The van der Waals surface area contributed by atoms with Crippen molar-refractivity contribution in [3.8, 4) is 0 Å². The van der Waals surface area contributed by atoms with Gasteiger partial charge in [0.05, 0.1) is 25.5 Å². The number of hydrogen-bond donors (Lipinski definition) is 2. The smallest absolute Gasteiger partial charge is 0.406 e. The lowest BCUT2D eigenvalue weighted by atomic mass is 10.1. The summed E-state index contributed by atoms with van der Waals surface area (Å²) >= 11 is 0. The summed E-state index contributed by atoms with van der Waals surface area (Å²) in [6, 6.07) is 4.28. The molecule has 0 bridgehead atoms. The maximum atomic E-state index is 13.5. The number of aryl methyl sites for hydroxylation is 1. The Morgan fingerprint density at radius 2 is 2.15 bits per heavy atom. The predicted molar refractivity (Wildman–Crippen MR) is 125 cm³/mol. The van der Waals surface area contributed by atoms with Crippen molar-refractivity contribution in [3.05, 3.63) is 23.5 Å². The Balaban J connectivity index is 1.41. The van der Waals surface area contributed by atoms with E-state index in [0.717, 1.165) is 41.8 Å². The SMILES string of the molecule is COC(=O)NCCCn1nc([C@@H](C)N(C(=O)[C@H]2CNCCO2)C2CC2)c2ccc(C3CC3)nc21. The van der Waals surface area contributed by atoms with Gasteiger partial charge in [0.25, 0.3) is 5.91 Å². The van der Waals surface area contributed by atoms with Gasteiger partial charge in [0.2, 0.25) is 0 Å². The first-order valence-corrected chi connectivity index (χ1v) is 12.4. The topological polar surface area (TPSA) is 111 Å². The van der Waals surface area contributed by atoms with E-state index in [1.54, 1.807) is 0 Å².